The fourth-order valence-electron chi connectivity index (χ4n) is 3.03. The lowest BCUT2D eigenvalue weighted by molar-refractivity contribution is -0.156. The molecule has 2 N–H and O–H groups in total. The highest BCUT2D eigenvalue weighted by Gasteiger charge is 2.30. The van der Waals surface area contributed by atoms with Gasteiger partial charge in [-0.3, -0.25) is 9.59 Å². The number of fused-ring (bicyclic) bond motifs is 1. The third kappa shape index (κ3) is 4.53. The summed E-state index contributed by atoms with van der Waals surface area (Å²) in [6, 6.07) is 12.8. The largest absolute Gasteiger partial charge is 0.460 e. The second kappa shape index (κ2) is 8.46. The number of carbonyl (C=O) groups is 2. The van der Waals surface area contributed by atoms with Gasteiger partial charge in [0.15, 0.2) is 0 Å². The van der Waals surface area contributed by atoms with Gasteiger partial charge in [0, 0.05) is 22.5 Å². The summed E-state index contributed by atoms with van der Waals surface area (Å²) in [7, 11) is 0. The van der Waals surface area contributed by atoms with Crippen LogP contribution in [0.15, 0.2) is 42.5 Å². The molecule has 1 amide bonds. The summed E-state index contributed by atoms with van der Waals surface area (Å²) in [5.41, 5.74) is 9.26. The lowest BCUT2D eigenvalue weighted by atomic mass is 10.0. The predicted octanol–water partition coefficient (Wildman–Crippen LogP) is 4.90. The first-order valence-corrected chi connectivity index (χ1v) is 9.69. The second-order valence-electron chi connectivity index (χ2n) is 7.61. The summed E-state index contributed by atoms with van der Waals surface area (Å²) in [5, 5.41) is 0. The number of ether oxygens (including phenoxy) is 1. The van der Waals surface area contributed by atoms with Gasteiger partial charge in [0.2, 0.25) is 0 Å². The molecule has 1 aliphatic heterocycles. The second-order valence-corrected chi connectivity index (χ2v) is 7.61. The Morgan fingerprint density at radius 3 is 2.25 bits per heavy atom. The number of amides is 1. The van der Waals surface area contributed by atoms with Crippen LogP contribution in [0.1, 0.15) is 68.9 Å². The number of benzene rings is 2. The van der Waals surface area contributed by atoms with Gasteiger partial charge in [-0.25, -0.2) is 0 Å². The Labute approximate surface area is 167 Å². The standard InChI is InChI=1S/C21H24N2O3.C2H6/c1-13(20(25)26-21(2,3)4)14-8-10-15(11-9-14)23-12-17-16(19(23)24)6-5-7-18(17)22;1-2/h5-11,13H,12,22H2,1-4H3;1-2H3. The van der Waals surface area contributed by atoms with E-state index in [-0.39, 0.29) is 17.8 Å². The van der Waals surface area contributed by atoms with E-state index in [0.717, 1.165) is 16.8 Å². The Kier molecular flexibility index (Phi) is 6.49. The molecule has 2 aromatic rings. The molecule has 28 heavy (non-hydrogen) atoms. The first-order valence-electron chi connectivity index (χ1n) is 9.69. The SMILES string of the molecule is CC.CC(C(=O)OC(C)(C)C)c1ccc(N2Cc3c(N)cccc3C2=O)cc1. The quantitative estimate of drug-likeness (QED) is 0.605. The van der Waals surface area contributed by atoms with Crippen molar-refractivity contribution < 1.29 is 14.3 Å². The van der Waals surface area contributed by atoms with Gasteiger partial charge < -0.3 is 15.4 Å². The van der Waals surface area contributed by atoms with E-state index >= 15 is 0 Å². The van der Waals surface area contributed by atoms with Gasteiger partial charge in [0.1, 0.15) is 5.60 Å². The number of nitrogen functional groups attached to an aromatic ring is 1. The average molecular weight is 383 g/mol. The molecule has 0 spiro atoms. The Morgan fingerprint density at radius 1 is 1.11 bits per heavy atom. The molecule has 0 saturated heterocycles. The maximum atomic E-state index is 12.6. The van der Waals surface area contributed by atoms with E-state index in [0.29, 0.717) is 17.8 Å². The fraction of sp³-hybridized carbons (Fsp3) is 0.391. The summed E-state index contributed by atoms with van der Waals surface area (Å²) in [4.78, 5) is 26.6. The number of hydrogen-bond acceptors (Lipinski definition) is 4. The highest BCUT2D eigenvalue weighted by Crippen LogP contribution is 2.32. The molecule has 0 aliphatic carbocycles. The minimum atomic E-state index is -0.515. The van der Waals surface area contributed by atoms with E-state index in [4.69, 9.17) is 10.5 Å². The Hall–Kier alpha value is -2.82. The molecule has 1 unspecified atom stereocenters. The molecule has 0 radical (unpaired) electrons. The van der Waals surface area contributed by atoms with Crippen molar-refractivity contribution in [3.05, 3.63) is 59.2 Å². The van der Waals surface area contributed by atoms with E-state index in [9.17, 15) is 9.59 Å². The zero-order valence-corrected chi connectivity index (χ0v) is 17.6. The lowest BCUT2D eigenvalue weighted by Crippen LogP contribution is -2.27. The van der Waals surface area contributed by atoms with Gasteiger partial charge >= 0.3 is 5.97 Å². The summed E-state index contributed by atoms with van der Waals surface area (Å²) >= 11 is 0. The molecular formula is C23H30N2O3. The molecule has 3 rings (SSSR count). The molecule has 1 aliphatic rings. The zero-order valence-electron chi connectivity index (χ0n) is 17.6. The van der Waals surface area contributed by atoms with E-state index in [1.165, 1.54) is 0 Å². The van der Waals surface area contributed by atoms with Crippen molar-refractivity contribution in [2.45, 2.75) is 59.6 Å². The minimum Gasteiger partial charge on any atom is -0.460 e. The predicted molar refractivity (Wildman–Crippen MR) is 113 cm³/mol. The molecule has 0 aromatic heterocycles. The van der Waals surface area contributed by atoms with Crippen molar-refractivity contribution in [1.29, 1.82) is 0 Å². The molecule has 1 atom stereocenters. The van der Waals surface area contributed by atoms with Crippen molar-refractivity contribution in [3.63, 3.8) is 0 Å². The molecule has 5 heteroatoms. The van der Waals surface area contributed by atoms with Crippen LogP contribution in [-0.4, -0.2) is 17.5 Å². The fourth-order valence-corrected chi connectivity index (χ4v) is 3.03. The van der Waals surface area contributed by atoms with Crippen LogP contribution in [0, 0.1) is 0 Å². The van der Waals surface area contributed by atoms with Gasteiger partial charge in [-0.05, 0) is 57.5 Å². The van der Waals surface area contributed by atoms with Gasteiger partial charge in [-0.15, -0.1) is 0 Å². The van der Waals surface area contributed by atoms with Crippen molar-refractivity contribution in [3.8, 4) is 0 Å². The molecule has 0 saturated carbocycles. The maximum Gasteiger partial charge on any atom is 0.313 e. The topological polar surface area (TPSA) is 72.6 Å². The third-order valence-electron chi connectivity index (χ3n) is 4.47. The molecular weight excluding hydrogens is 352 g/mol. The maximum absolute atomic E-state index is 12.6. The normalized spacial score (nSPS) is 14.1. The number of anilines is 2. The number of rotatable bonds is 3. The van der Waals surface area contributed by atoms with Gasteiger partial charge in [0.05, 0.1) is 12.5 Å². The Bertz CT molecular complexity index is 851. The van der Waals surface area contributed by atoms with Gasteiger partial charge in [-0.1, -0.05) is 32.0 Å². The highest BCUT2D eigenvalue weighted by molar-refractivity contribution is 6.11. The van der Waals surface area contributed by atoms with Crippen LogP contribution in [0.25, 0.3) is 0 Å². The summed E-state index contributed by atoms with van der Waals surface area (Å²) in [6.07, 6.45) is 0. The monoisotopic (exact) mass is 382 g/mol. The Balaban J connectivity index is 0.00000136. The number of hydrogen-bond donors (Lipinski definition) is 1. The highest BCUT2D eigenvalue weighted by atomic mass is 16.6. The van der Waals surface area contributed by atoms with Crippen molar-refractivity contribution in [2.75, 3.05) is 10.6 Å². The molecule has 150 valence electrons. The summed E-state index contributed by atoms with van der Waals surface area (Å²) in [6.45, 7) is 11.8. The first kappa shape index (κ1) is 21.5. The number of carbonyl (C=O) groups excluding carboxylic acids is 2. The van der Waals surface area contributed by atoms with E-state index in [2.05, 4.69) is 0 Å². The first-order chi connectivity index (χ1) is 13.2. The molecule has 0 bridgehead atoms. The van der Waals surface area contributed by atoms with Crippen LogP contribution in [-0.2, 0) is 16.1 Å². The molecule has 5 nitrogen and oxygen atoms in total. The van der Waals surface area contributed by atoms with Crippen LogP contribution in [0.5, 0.6) is 0 Å². The number of nitrogens with two attached hydrogens (primary N) is 1. The van der Waals surface area contributed by atoms with Crippen LogP contribution in [0.2, 0.25) is 0 Å². The van der Waals surface area contributed by atoms with Crippen LogP contribution < -0.4 is 10.6 Å². The minimum absolute atomic E-state index is 0.0553. The van der Waals surface area contributed by atoms with Crippen molar-refractivity contribution in [1.82, 2.24) is 0 Å². The van der Waals surface area contributed by atoms with E-state index in [1.54, 1.807) is 23.1 Å². The molecule has 0 fully saturated rings. The van der Waals surface area contributed by atoms with Crippen molar-refractivity contribution in [2.24, 2.45) is 0 Å². The molecule has 2 aromatic carbocycles. The van der Waals surface area contributed by atoms with Crippen LogP contribution in [0.4, 0.5) is 11.4 Å². The lowest BCUT2D eigenvalue weighted by Gasteiger charge is -2.23. The zero-order chi connectivity index (χ0) is 21.1. The third-order valence-corrected chi connectivity index (χ3v) is 4.47. The summed E-state index contributed by atoms with van der Waals surface area (Å²) < 4.78 is 5.44. The van der Waals surface area contributed by atoms with E-state index in [1.807, 2.05) is 65.8 Å². The smallest absolute Gasteiger partial charge is 0.313 e. The van der Waals surface area contributed by atoms with Gasteiger partial charge in [0.25, 0.3) is 5.91 Å². The van der Waals surface area contributed by atoms with Crippen molar-refractivity contribution >= 4 is 23.3 Å². The van der Waals surface area contributed by atoms with Crippen LogP contribution >= 0.6 is 0 Å². The van der Waals surface area contributed by atoms with E-state index < -0.39 is 5.60 Å². The number of esters is 1. The Morgan fingerprint density at radius 2 is 1.71 bits per heavy atom. The van der Waals surface area contributed by atoms with Crippen LogP contribution in [0.3, 0.4) is 0 Å². The number of nitrogens with zero attached hydrogens (tertiary/aromatic N) is 1. The van der Waals surface area contributed by atoms with Gasteiger partial charge in [-0.2, -0.15) is 0 Å². The molecule has 1 heterocycles. The average Bonchev–Trinajstić information content (AvgIpc) is 3.00. The summed E-state index contributed by atoms with van der Waals surface area (Å²) in [5.74, 6) is -0.687.